The second-order valence-corrected chi connectivity index (χ2v) is 5.53. The number of anilines is 2. The molecule has 0 fully saturated rings. The fourth-order valence-electron chi connectivity index (χ4n) is 1.23. The number of rotatable bonds is 6. The number of aliphatic hydroxyl groups is 2. The standard InChI is InChI=1S/C10H15FN2O4S/c1-18(16,17)13-7-2-3-9(11)10(4-7)12-5-8(15)6-14/h2-4,8,12-15H,5-6H2,1H3. The van der Waals surface area contributed by atoms with Crippen LogP contribution in [0.4, 0.5) is 15.8 Å². The van der Waals surface area contributed by atoms with Crippen molar-refractivity contribution in [1.29, 1.82) is 0 Å². The first-order valence-electron chi connectivity index (χ1n) is 5.12. The Morgan fingerprint density at radius 2 is 2.11 bits per heavy atom. The molecule has 0 aliphatic rings. The molecule has 0 radical (unpaired) electrons. The molecule has 18 heavy (non-hydrogen) atoms. The van der Waals surface area contributed by atoms with Crippen molar-refractivity contribution in [2.75, 3.05) is 29.4 Å². The molecular weight excluding hydrogens is 263 g/mol. The molecule has 0 saturated carbocycles. The maximum absolute atomic E-state index is 13.4. The van der Waals surface area contributed by atoms with Crippen LogP contribution in [0.5, 0.6) is 0 Å². The summed E-state index contributed by atoms with van der Waals surface area (Å²) in [6.07, 6.45) is -0.0326. The van der Waals surface area contributed by atoms with Gasteiger partial charge in [0.25, 0.3) is 0 Å². The molecule has 1 aromatic rings. The zero-order chi connectivity index (χ0) is 13.8. The number of benzene rings is 1. The molecule has 0 aliphatic heterocycles. The summed E-state index contributed by atoms with van der Waals surface area (Å²) in [7, 11) is -3.43. The summed E-state index contributed by atoms with van der Waals surface area (Å²) in [5.74, 6) is -0.584. The first-order valence-corrected chi connectivity index (χ1v) is 7.01. The Kier molecular flexibility index (Phi) is 4.88. The van der Waals surface area contributed by atoms with Gasteiger partial charge in [0.05, 0.1) is 30.3 Å². The monoisotopic (exact) mass is 278 g/mol. The van der Waals surface area contributed by atoms with Crippen LogP contribution in [0.15, 0.2) is 18.2 Å². The lowest BCUT2D eigenvalue weighted by Gasteiger charge is -2.12. The van der Waals surface area contributed by atoms with E-state index in [2.05, 4.69) is 10.0 Å². The minimum absolute atomic E-state index is 0.0381. The van der Waals surface area contributed by atoms with Crippen molar-refractivity contribution in [3.05, 3.63) is 24.0 Å². The normalized spacial score (nSPS) is 13.1. The zero-order valence-corrected chi connectivity index (χ0v) is 10.5. The maximum atomic E-state index is 13.4. The van der Waals surface area contributed by atoms with Crippen LogP contribution in [0.3, 0.4) is 0 Å². The number of sulfonamides is 1. The van der Waals surface area contributed by atoms with Gasteiger partial charge in [-0.05, 0) is 18.2 Å². The molecule has 0 bridgehead atoms. The number of hydrogen-bond acceptors (Lipinski definition) is 5. The average molecular weight is 278 g/mol. The first-order chi connectivity index (χ1) is 8.31. The van der Waals surface area contributed by atoms with Gasteiger partial charge in [-0.2, -0.15) is 0 Å². The van der Waals surface area contributed by atoms with Crippen LogP contribution >= 0.6 is 0 Å². The van der Waals surface area contributed by atoms with Crippen LogP contribution in [0.25, 0.3) is 0 Å². The third-order valence-electron chi connectivity index (χ3n) is 2.01. The molecule has 1 aromatic carbocycles. The molecule has 8 heteroatoms. The lowest BCUT2D eigenvalue weighted by molar-refractivity contribution is 0.105. The number of nitrogens with one attached hydrogen (secondary N) is 2. The summed E-state index contributed by atoms with van der Waals surface area (Å²) in [5, 5.41) is 20.3. The Hall–Kier alpha value is -1.38. The van der Waals surface area contributed by atoms with Crippen molar-refractivity contribution < 1.29 is 23.0 Å². The Morgan fingerprint density at radius 1 is 1.44 bits per heavy atom. The number of halogens is 1. The van der Waals surface area contributed by atoms with E-state index >= 15 is 0 Å². The van der Waals surface area contributed by atoms with Crippen molar-refractivity contribution in [2.45, 2.75) is 6.10 Å². The van der Waals surface area contributed by atoms with Gasteiger partial charge in [-0.25, -0.2) is 12.8 Å². The van der Waals surface area contributed by atoms with Crippen molar-refractivity contribution in [3.8, 4) is 0 Å². The maximum Gasteiger partial charge on any atom is 0.229 e. The van der Waals surface area contributed by atoms with E-state index in [1.807, 2.05) is 0 Å². The molecule has 1 unspecified atom stereocenters. The molecule has 0 spiro atoms. The van der Waals surface area contributed by atoms with Crippen LogP contribution < -0.4 is 10.0 Å². The molecule has 0 heterocycles. The summed E-state index contributed by atoms with van der Waals surface area (Å²) in [5.41, 5.74) is 0.246. The van der Waals surface area contributed by atoms with E-state index < -0.39 is 28.6 Å². The van der Waals surface area contributed by atoms with Gasteiger partial charge in [0.1, 0.15) is 5.82 Å². The van der Waals surface area contributed by atoms with Crippen LogP contribution in [-0.4, -0.2) is 44.1 Å². The van der Waals surface area contributed by atoms with E-state index in [-0.39, 0.29) is 17.9 Å². The highest BCUT2D eigenvalue weighted by Gasteiger charge is 2.08. The van der Waals surface area contributed by atoms with Crippen LogP contribution in [0.2, 0.25) is 0 Å². The Bertz CT molecular complexity index is 507. The fraction of sp³-hybridized carbons (Fsp3) is 0.400. The van der Waals surface area contributed by atoms with Gasteiger partial charge in [0, 0.05) is 6.54 Å². The SMILES string of the molecule is CS(=O)(=O)Nc1ccc(F)c(NCC(O)CO)c1. The Balaban J connectivity index is 2.81. The van der Waals surface area contributed by atoms with Crippen LogP contribution in [0, 0.1) is 5.82 Å². The van der Waals surface area contributed by atoms with E-state index in [9.17, 15) is 12.8 Å². The third-order valence-corrected chi connectivity index (χ3v) is 2.61. The predicted molar refractivity (Wildman–Crippen MR) is 66.4 cm³/mol. The molecule has 0 aromatic heterocycles. The minimum Gasteiger partial charge on any atom is -0.394 e. The van der Waals surface area contributed by atoms with Crippen LogP contribution in [0.1, 0.15) is 0 Å². The van der Waals surface area contributed by atoms with Crippen molar-refractivity contribution in [3.63, 3.8) is 0 Å². The molecule has 1 rings (SSSR count). The lowest BCUT2D eigenvalue weighted by Crippen LogP contribution is -2.23. The summed E-state index contributed by atoms with van der Waals surface area (Å²) in [4.78, 5) is 0. The van der Waals surface area contributed by atoms with E-state index in [1.54, 1.807) is 0 Å². The Morgan fingerprint density at radius 3 is 2.67 bits per heavy atom. The van der Waals surface area contributed by atoms with Gasteiger partial charge in [0.2, 0.25) is 10.0 Å². The highest BCUT2D eigenvalue weighted by atomic mass is 32.2. The molecule has 4 N–H and O–H groups in total. The van der Waals surface area contributed by atoms with E-state index in [0.717, 1.165) is 12.3 Å². The van der Waals surface area contributed by atoms with E-state index in [4.69, 9.17) is 10.2 Å². The largest absolute Gasteiger partial charge is 0.394 e. The average Bonchev–Trinajstić information content (AvgIpc) is 2.27. The van der Waals surface area contributed by atoms with E-state index in [0.29, 0.717) is 0 Å². The summed E-state index contributed by atoms with van der Waals surface area (Å²) in [6, 6.07) is 3.64. The van der Waals surface area contributed by atoms with E-state index in [1.165, 1.54) is 12.1 Å². The zero-order valence-electron chi connectivity index (χ0n) is 9.72. The minimum atomic E-state index is -3.43. The molecule has 0 amide bonds. The molecule has 0 aliphatic carbocycles. The molecule has 102 valence electrons. The highest BCUT2D eigenvalue weighted by Crippen LogP contribution is 2.20. The van der Waals surface area contributed by atoms with Gasteiger partial charge in [-0.3, -0.25) is 4.72 Å². The quantitative estimate of drug-likeness (QED) is 0.585. The van der Waals surface area contributed by atoms with Gasteiger partial charge in [-0.1, -0.05) is 0 Å². The fourth-order valence-corrected chi connectivity index (χ4v) is 1.79. The topological polar surface area (TPSA) is 98.7 Å². The van der Waals surface area contributed by atoms with Crippen molar-refractivity contribution in [1.82, 2.24) is 0 Å². The smallest absolute Gasteiger partial charge is 0.229 e. The summed E-state index contributed by atoms with van der Waals surface area (Å²) >= 11 is 0. The summed E-state index contributed by atoms with van der Waals surface area (Å²) in [6.45, 7) is -0.494. The van der Waals surface area contributed by atoms with Gasteiger partial charge >= 0.3 is 0 Å². The number of aliphatic hydroxyl groups excluding tert-OH is 2. The second-order valence-electron chi connectivity index (χ2n) is 3.79. The van der Waals surface area contributed by atoms with Gasteiger partial charge < -0.3 is 15.5 Å². The lowest BCUT2D eigenvalue weighted by atomic mass is 10.2. The molecular formula is C10H15FN2O4S. The third kappa shape index (κ3) is 4.86. The van der Waals surface area contributed by atoms with Crippen LogP contribution in [-0.2, 0) is 10.0 Å². The molecule has 1 atom stereocenters. The van der Waals surface area contributed by atoms with Crippen molar-refractivity contribution >= 4 is 21.4 Å². The highest BCUT2D eigenvalue weighted by molar-refractivity contribution is 7.92. The first kappa shape index (κ1) is 14.7. The second kappa shape index (κ2) is 5.98. The molecule has 0 saturated heterocycles. The van der Waals surface area contributed by atoms with Crippen molar-refractivity contribution in [2.24, 2.45) is 0 Å². The predicted octanol–water partition coefficient (Wildman–Crippen LogP) is -0.0377. The Labute approximate surface area is 105 Å². The van der Waals surface area contributed by atoms with Gasteiger partial charge in [-0.15, -0.1) is 0 Å². The molecule has 6 nitrogen and oxygen atoms in total. The summed E-state index contributed by atoms with van der Waals surface area (Å²) < 4.78 is 37.6. The number of hydrogen-bond donors (Lipinski definition) is 4. The van der Waals surface area contributed by atoms with Gasteiger partial charge in [0.15, 0.2) is 0 Å².